The van der Waals surface area contributed by atoms with Crippen molar-refractivity contribution in [1.29, 1.82) is 0 Å². The van der Waals surface area contributed by atoms with Crippen molar-refractivity contribution >= 4 is 28.4 Å². The van der Waals surface area contributed by atoms with Gasteiger partial charge in [-0.3, -0.25) is 9.59 Å². The molecule has 1 aliphatic carbocycles. The summed E-state index contributed by atoms with van der Waals surface area (Å²) in [7, 11) is 2.09. The highest BCUT2D eigenvalue weighted by Crippen LogP contribution is 2.32. The van der Waals surface area contributed by atoms with Gasteiger partial charge in [0.2, 0.25) is 0 Å². The van der Waals surface area contributed by atoms with E-state index in [2.05, 4.69) is 46.3 Å². The van der Waals surface area contributed by atoms with Crippen LogP contribution in [0.3, 0.4) is 0 Å². The summed E-state index contributed by atoms with van der Waals surface area (Å²) in [4.78, 5) is 37.9. The monoisotopic (exact) mass is 417 g/mol. The van der Waals surface area contributed by atoms with Gasteiger partial charge in [0.1, 0.15) is 5.82 Å². The predicted molar refractivity (Wildman–Crippen MR) is 120 cm³/mol. The quantitative estimate of drug-likeness (QED) is 0.787. The minimum Gasteiger partial charge on any atom is -0.338 e. The number of hydrogen-bond donors (Lipinski definition) is 2. The highest BCUT2D eigenvalue weighted by molar-refractivity contribution is 6.25. The van der Waals surface area contributed by atoms with Crippen LogP contribution in [0, 0.1) is 5.92 Å². The van der Waals surface area contributed by atoms with Crippen molar-refractivity contribution < 1.29 is 9.59 Å². The molecule has 31 heavy (non-hydrogen) atoms. The lowest BCUT2D eigenvalue weighted by Gasteiger charge is -2.20. The molecule has 160 valence electrons. The SMILES string of the molecule is CC1C=C2NC(=O)C(c3nc4ccc(C(=O)N5CCCN(C)CC5)cc4[nH]3)=C2C=CC1. The molecule has 2 aromatic rings. The Labute approximate surface area is 181 Å². The highest BCUT2D eigenvalue weighted by atomic mass is 16.2. The summed E-state index contributed by atoms with van der Waals surface area (Å²) >= 11 is 0. The molecule has 0 spiro atoms. The van der Waals surface area contributed by atoms with E-state index in [4.69, 9.17) is 0 Å². The van der Waals surface area contributed by atoms with Crippen molar-refractivity contribution in [1.82, 2.24) is 25.1 Å². The molecule has 1 aromatic carbocycles. The standard InChI is InChI=1S/C24H27N5O2/c1-15-5-3-6-17-19(13-15)27-23(30)21(17)22-25-18-8-7-16(14-20(18)26-22)24(31)29-10-4-9-28(2)11-12-29/h3,6-8,13-15H,4-5,9-12H2,1-2H3,(H,25,26)(H,27,30). The largest absolute Gasteiger partial charge is 0.338 e. The van der Waals surface area contributed by atoms with Gasteiger partial charge in [-0.25, -0.2) is 4.98 Å². The summed E-state index contributed by atoms with van der Waals surface area (Å²) in [6, 6.07) is 5.53. The number of aromatic amines is 1. The molecular weight excluding hydrogens is 390 g/mol. The van der Waals surface area contributed by atoms with E-state index in [1.54, 1.807) is 0 Å². The van der Waals surface area contributed by atoms with Crippen LogP contribution >= 0.6 is 0 Å². The average Bonchev–Trinajstić information content (AvgIpc) is 3.13. The molecule has 0 bridgehead atoms. The number of carbonyl (C=O) groups excluding carboxylic acids is 2. The van der Waals surface area contributed by atoms with E-state index in [0.717, 1.165) is 61.3 Å². The zero-order valence-corrected chi connectivity index (χ0v) is 17.9. The number of carbonyl (C=O) groups is 2. The molecule has 1 unspecified atom stereocenters. The van der Waals surface area contributed by atoms with Crippen molar-refractivity contribution in [2.75, 3.05) is 33.2 Å². The van der Waals surface area contributed by atoms with Crippen LogP contribution in [-0.4, -0.2) is 64.8 Å². The summed E-state index contributed by atoms with van der Waals surface area (Å²) in [5, 5.41) is 2.97. The Balaban J connectivity index is 1.48. The van der Waals surface area contributed by atoms with Crippen LogP contribution in [0.1, 0.15) is 35.9 Å². The molecule has 3 heterocycles. The van der Waals surface area contributed by atoms with Crippen molar-refractivity contribution in [3.63, 3.8) is 0 Å². The molecule has 0 saturated carbocycles. The average molecular weight is 418 g/mol. The number of H-pyrrole nitrogens is 1. The van der Waals surface area contributed by atoms with Crippen molar-refractivity contribution in [2.45, 2.75) is 19.8 Å². The predicted octanol–water partition coefficient (Wildman–Crippen LogP) is 2.70. The van der Waals surface area contributed by atoms with Gasteiger partial charge in [0.05, 0.1) is 16.6 Å². The van der Waals surface area contributed by atoms with Crippen LogP contribution in [0.2, 0.25) is 0 Å². The fourth-order valence-corrected chi connectivity index (χ4v) is 4.50. The van der Waals surface area contributed by atoms with Gasteiger partial charge in [0.25, 0.3) is 11.8 Å². The van der Waals surface area contributed by atoms with E-state index in [-0.39, 0.29) is 11.8 Å². The number of aromatic nitrogens is 2. The Hall–Kier alpha value is -3.19. The number of nitrogens with zero attached hydrogens (tertiary/aromatic N) is 3. The lowest BCUT2D eigenvalue weighted by atomic mass is 10.1. The molecular formula is C24H27N5O2. The van der Waals surface area contributed by atoms with Gasteiger partial charge in [-0.15, -0.1) is 0 Å². The third kappa shape index (κ3) is 3.70. The van der Waals surface area contributed by atoms with E-state index in [1.807, 2.05) is 29.2 Å². The zero-order chi connectivity index (χ0) is 21.5. The number of allylic oxidation sites excluding steroid dienone is 3. The zero-order valence-electron chi connectivity index (χ0n) is 17.9. The molecule has 3 aliphatic rings. The number of amides is 2. The van der Waals surface area contributed by atoms with E-state index in [1.165, 1.54) is 0 Å². The third-order valence-electron chi connectivity index (χ3n) is 6.25. The Morgan fingerprint density at radius 1 is 1.19 bits per heavy atom. The summed E-state index contributed by atoms with van der Waals surface area (Å²) in [6.45, 7) is 5.53. The van der Waals surface area contributed by atoms with Crippen LogP contribution in [-0.2, 0) is 4.79 Å². The second kappa shape index (κ2) is 7.81. The van der Waals surface area contributed by atoms with Crippen LogP contribution in [0.5, 0.6) is 0 Å². The molecule has 7 nitrogen and oxygen atoms in total. The van der Waals surface area contributed by atoms with Gasteiger partial charge in [0, 0.05) is 36.5 Å². The molecule has 0 radical (unpaired) electrons. The first kappa shape index (κ1) is 19.8. The summed E-state index contributed by atoms with van der Waals surface area (Å²) in [6.07, 6.45) is 8.11. The first-order valence-corrected chi connectivity index (χ1v) is 10.9. The normalized spacial score (nSPS) is 22.3. The number of likely N-dealkylation sites (N-methyl/N-ethyl adjacent to an activating group) is 1. The van der Waals surface area contributed by atoms with Gasteiger partial charge >= 0.3 is 0 Å². The van der Waals surface area contributed by atoms with Gasteiger partial charge in [-0.05, 0) is 50.6 Å². The first-order valence-electron chi connectivity index (χ1n) is 10.9. The lowest BCUT2D eigenvalue weighted by molar-refractivity contribution is -0.114. The smallest absolute Gasteiger partial charge is 0.260 e. The maximum atomic E-state index is 13.1. The van der Waals surface area contributed by atoms with Gasteiger partial charge < -0.3 is 20.1 Å². The first-order chi connectivity index (χ1) is 15.0. The van der Waals surface area contributed by atoms with Crippen LogP contribution < -0.4 is 5.32 Å². The number of fused-ring (bicyclic) bond motifs is 2. The topological polar surface area (TPSA) is 81.3 Å². The van der Waals surface area contributed by atoms with Crippen molar-refractivity contribution in [3.05, 3.63) is 59.1 Å². The number of hydrogen-bond acceptors (Lipinski definition) is 4. The molecule has 2 aliphatic heterocycles. The van der Waals surface area contributed by atoms with E-state index >= 15 is 0 Å². The summed E-state index contributed by atoms with van der Waals surface area (Å²) < 4.78 is 0. The number of imidazole rings is 1. The Morgan fingerprint density at radius 3 is 2.94 bits per heavy atom. The van der Waals surface area contributed by atoms with Gasteiger partial charge in [-0.1, -0.05) is 25.2 Å². The Morgan fingerprint density at radius 2 is 2.06 bits per heavy atom. The fraction of sp³-hybridized carbons (Fsp3) is 0.375. The van der Waals surface area contributed by atoms with Crippen LogP contribution in [0.15, 0.2) is 47.7 Å². The van der Waals surface area contributed by atoms with Gasteiger partial charge in [0.15, 0.2) is 0 Å². The van der Waals surface area contributed by atoms with E-state index in [0.29, 0.717) is 22.9 Å². The second-order valence-electron chi connectivity index (χ2n) is 8.70. The summed E-state index contributed by atoms with van der Waals surface area (Å²) in [5.74, 6) is 0.793. The minimum absolute atomic E-state index is 0.0416. The molecule has 1 atom stereocenters. The van der Waals surface area contributed by atoms with E-state index in [9.17, 15) is 9.59 Å². The maximum Gasteiger partial charge on any atom is 0.260 e. The molecule has 2 amide bonds. The minimum atomic E-state index is -0.149. The third-order valence-corrected chi connectivity index (χ3v) is 6.25. The molecule has 1 aromatic heterocycles. The lowest BCUT2D eigenvalue weighted by Crippen LogP contribution is -2.34. The maximum absolute atomic E-state index is 13.1. The Kier molecular flexibility index (Phi) is 4.98. The number of nitrogens with one attached hydrogen (secondary N) is 2. The second-order valence-corrected chi connectivity index (χ2v) is 8.70. The Bertz CT molecular complexity index is 1160. The van der Waals surface area contributed by atoms with Gasteiger partial charge in [-0.2, -0.15) is 0 Å². The van der Waals surface area contributed by atoms with Crippen LogP contribution in [0.25, 0.3) is 16.6 Å². The molecule has 1 fully saturated rings. The fourth-order valence-electron chi connectivity index (χ4n) is 4.50. The molecule has 1 saturated heterocycles. The number of rotatable bonds is 2. The van der Waals surface area contributed by atoms with Crippen LogP contribution in [0.4, 0.5) is 0 Å². The van der Waals surface area contributed by atoms with Crippen molar-refractivity contribution in [2.24, 2.45) is 5.92 Å². The molecule has 5 rings (SSSR count). The molecule has 7 heteroatoms. The van der Waals surface area contributed by atoms with E-state index < -0.39 is 0 Å². The number of benzene rings is 1. The van der Waals surface area contributed by atoms with Crippen molar-refractivity contribution in [3.8, 4) is 0 Å². The summed E-state index contributed by atoms with van der Waals surface area (Å²) in [5.41, 5.74) is 4.42. The molecule has 2 N–H and O–H groups in total. The highest BCUT2D eigenvalue weighted by Gasteiger charge is 2.30.